The molecule has 1 saturated heterocycles. The van der Waals surface area contributed by atoms with E-state index in [1.165, 1.54) is 13.0 Å². The molecule has 1 aromatic carbocycles. The number of nitrogens with one attached hydrogen (secondary N) is 3. The number of anilines is 1. The van der Waals surface area contributed by atoms with Gasteiger partial charge in [-0.3, -0.25) is 9.59 Å². The lowest BCUT2D eigenvalue weighted by atomic mass is 9.97. The van der Waals surface area contributed by atoms with Crippen LogP contribution < -0.4 is 16.0 Å². The first-order valence-electron chi connectivity index (χ1n) is 9.40. The molecule has 1 saturated carbocycles. The van der Waals surface area contributed by atoms with Crippen LogP contribution in [-0.4, -0.2) is 40.9 Å². The number of imide groups is 1. The summed E-state index contributed by atoms with van der Waals surface area (Å²) in [4.78, 5) is 38.7. The molecule has 0 bridgehead atoms. The van der Waals surface area contributed by atoms with Gasteiger partial charge in [0.1, 0.15) is 17.4 Å². The second-order valence-corrected chi connectivity index (χ2v) is 7.55. The molecule has 2 fully saturated rings. The van der Waals surface area contributed by atoms with Gasteiger partial charge in [-0.05, 0) is 49.9 Å². The third-order valence-corrected chi connectivity index (χ3v) is 5.88. The summed E-state index contributed by atoms with van der Waals surface area (Å²) in [6.45, 7) is 2.77. The summed E-state index contributed by atoms with van der Waals surface area (Å²) in [6, 6.07) is 1.73. The first-order valence-corrected chi connectivity index (χ1v) is 9.40. The number of halogens is 2. The summed E-state index contributed by atoms with van der Waals surface area (Å²) >= 11 is 0. The smallest absolute Gasteiger partial charge is 0.323 e. The topological polar surface area (TPSA) is 90.5 Å². The Morgan fingerprint density at radius 2 is 2.00 bits per heavy atom. The molecule has 7 nitrogen and oxygen atoms in total. The van der Waals surface area contributed by atoms with E-state index in [2.05, 4.69) is 16.0 Å². The molecule has 1 unspecified atom stereocenters. The van der Waals surface area contributed by atoms with E-state index < -0.39 is 29.3 Å². The number of nitrogens with zero attached hydrogens (tertiary/aromatic N) is 1. The molecular formula is C19H24ClFN4O3. The van der Waals surface area contributed by atoms with Gasteiger partial charge in [0.05, 0.1) is 5.69 Å². The number of carbonyl (C=O) groups is 3. The van der Waals surface area contributed by atoms with Crippen LogP contribution in [0.5, 0.6) is 0 Å². The number of amides is 4. The van der Waals surface area contributed by atoms with E-state index in [9.17, 15) is 18.8 Å². The summed E-state index contributed by atoms with van der Waals surface area (Å²) in [5, 5.41) is 8.48. The number of hydrogen-bond donors (Lipinski definition) is 3. The predicted molar refractivity (Wildman–Crippen MR) is 104 cm³/mol. The van der Waals surface area contributed by atoms with Crippen molar-refractivity contribution in [2.24, 2.45) is 0 Å². The van der Waals surface area contributed by atoms with Crippen LogP contribution in [0.25, 0.3) is 0 Å². The van der Waals surface area contributed by atoms with E-state index in [1.807, 2.05) is 0 Å². The van der Waals surface area contributed by atoms with Gasteiger partial charge in [0.15, 0.2) is 0 Å². The van der Waals surface area contributed by atoms with Crippen molar-refractivity contribution in [1.29, 1.82) is 0 Å². The lowest BCUT2D eigenvalue weighted by molar-refractivity contribution is -0.136. The van der Waals surface area contributed by atoms with Crippen molar-refractivity contribution < 1.29 is 18.8 Å². The van der Waals surface area contributed by atoms with E-state index in [-0.39, 0.29) is 24.0 Å². The Bertz CT molecular complexity index is 826. The van der Waals surface area contributed by atoms with Gasteiger partial charge < -0.3 is 16.0 Å². The van der Waals surface area contributed by atoms with Crippen LogP contribution in [0.1, 0.15) is 43.7 Å². The average Bonchev–Trinajstić information content (AvgIpc) is 3.22. The van der Waals surface area contributed by atoms with Crippen molar-refractivity contribution in [2.75, 3.05) is 11.9 Å². The highest BCUT2D eigenvalue weighted by molar-refractivity contribution is 6.11. The summed E-state index contributed by atoms with van der Waals surface area (Å²) < 4.78 is 14.7. The average molecular weight is 411 g/mol. The zero-order valence-corrected chi connectivity index (χ0v) is 16.5. The molecule has 28 heavy (non-hydrogen) atoms. The van der Waals surface area contributed by atoms with Crippen LogP contribution in [0.3, 0.4) is 0 Å². The fourth-order valence-corrected chi connectivity index (χ4v) is 4.29. The molecule has 3 N–H and O–H groups in total. The van der Waals surface area contributed by atoms with E-state index in [1.54, 1.807) is 6.07 Å². The molecule has 9 heteroatoms. The number of fused-ring (bicyclic) bond motifs is 1. The third kappa shape index (κ3) is 3.24. The van der Waals surface area contributed by atoms with Gasteiger partial charge in [-0.15, -0.1) is 12.4 Å². The zero-order valence-electron chi connectivity index (χ0n) is 15.6. The van der Waals surface area contributed by atoms with E-state index in [0.717, 1.165) is 23.3 Å². The molecule has 4 rings (SSSR count). The molecule has 0 radical (unpaired) electrons. The van der Waals surface area contributed by atoms with E-state index in [0.29, 0.717) is 37.9 Å². The first-order chi connectivity index (χ1) is 12.9. The quantitative estimate of drug-likeness (QED) is 0.665. The SMILES string of the molecule is CC(C(=O)Nc1ccc2c(c1F)CCNC2)N1C(=O)NC2(CCCC2)C1=O.Cl. The van der Waals surface area contributed by atoms with Gasteiger partial charge in [-0.25, -0.2) is 14.1 Å². The highest BCUT2D eigenvalue weighted by Gasteiger charge is 2.54. The molecule has 1 aliphatic carbocycles. The number of benzene rings is 1. The minimum atomic E-state index is -1.02. The van der Waals surface area contributed by atoms with Gasteiger partial charge in [0.2, 0.25) is 5.91 Å². The highest BCUT2D eigenvalue weighted by atomic mass is 35.5. The minimum Gasteiger partial charge on any atom is -0.323 e. The van der Waals surface area contributed by atoms with Crippen LogP contribution in [0.4, 0.5) is 14.9 Å². The molecular weight excluding hydrogens is 387 g/mol. The maximum absolute atomic E-state index is 14.7. The summed E-state index contributed by atoms with van der Waals surface area (Å²) in [6.07, 6.45) is 3.48. The van der Waals surface area contributed by atoms with Gasteiger partial charge in [0.25, 0.3) is 5.91 Å². The van der Waals surface area contributed by atoms with Gasteiger partial charge >= 0.3 is 6.03 Å². The van der Waals surface area contributed by atoms with Crippen LogP contribution >= 0.6 is 12.4 Å². The van der Waals surface area contributed by atoms with Crippen molar-refractivity contribution >= 4 is 35.9 Å². The number of urea groups is 1. The number of rotatable bonds is 3. The van der Waals surface area contributed by atoms with Crippen molar-refractivity contribution in [3.05, 3.63) is 29.1 Å². The molecule has 152 valence electrons. The molecule has 2 aliphatic heterocycles. The first kappa shape index (κ1) is 20.5. The second kappa shape index (κ2) is 7.67. The minimum absolute atomic E-state index is 0. The Morgan fingerprint density at radius 3 is 2.71 bits per heavy atom. The molecule has 3 aliphatic rings. The van der Waals surface area contributed by atoms with Crippen LogP contribution in [0, 0.1) is 5.82 Å². The van der Waals surface area contributed by atoms with E-state index in [4.69, 9.17) is 0 Å². The van der Waals surface area contributed by atoms with Gasteiger partial charge in [-0.2, -0.15) is 0 Å². The fourth-order valence-electron chi connectivity index (χ4n) is 4.29. The van der Waals surface area contributed by atoms with Crippen molar-refractivity contribution in [2.45, 2.75) is 57.2 Å². The third-order valence-electron chi connectivity index (χ3n) is 5.88. The Balaban J connectivity index is 0.00000225. The maximum Gasteiger partial charge on any atom is 0.325 e. The second-order valence-electron chi connectivity index (χ2n) is 7.55. The molecule has 0 aromatic heterocycles. The Morgan fingerprint density at radius 1 is 1.29 bits per heavy atom. The molecule has 1 aromatic rings. The molecule has 2 heterocycles. The van der Waals surface area contributed by atoms with Crippen LogP contribution in [0.2, 0.25) is 0 Å². The summed E-state index contributed by atoms with van der Waals surface area (Å²) in [7, 11) is 0. The standard InChI is InChI=1S/C19H23FN4O3.ClH/c1-11(24-17(26)19(23-18(24)27)7-2-3-8-19)16(25)22-14-5-4-12-10-21-9-6-13(12)15(14)20;/h4-5,11,21H,2-3,6-10H2,1H3,(H,22,25)(H,23,27);1H. The van der Waals surface area contributed by atoms with Gasteiger partial charge in [-0.1, -0.05) is 18.9 Å². The van der Waals surface area contributed by atoms with Crippen LogP contribution in [0.15, 0.2) is 12.1 Å². The number of carbonyl (C=O) groups excluding carboxylic acids is 3. The Labute approximate surface area is 168 Å². The van der Waals surface area contributed by atoms with Crippen LogP contribution in [-0.2, 0) is 22.6 Å². The Hall–Kier alpha value is -2.19. The Kier molecular flexibility index (Phi) is 5.63. The lowest BCUT2D eigenvalue weighted by Gasteiger charge is -2.24. The fraction of sp³-hybridized carbons (Fsp3) is 0.526. The van der Waals surface area contributed by atoms with Crippen molar-refractivity contribution in [3.63, 3.8) is 0 Å². The number of hydrogen-bond acceptors (Lipinski definition) is 4. The molecule has 1 spiro atoms. The summed E-state index contributed by atoms with van der Waals surface area (Å²) in [5.41, 5.74) is 0.687. The summed E-state index contributed by atoms with van der Waals surface area (Å²) in [5.74, 6) is -1.38. The maximum atomic E-state index is 14.7. The highest BCUT2D eigenvalue weighted by Crippen LogP contribution is 2.36. The molecule has 4 amide bonds. The van der Waals surface area contributed by atoms with Crippen molar-refractivity contribution in [1.82, 2.24) is 15.5 Å². The zero-order chi connectivity index (χ0) is 19.2. The predicted octanol–water partition coefficient (Wildman–Crippen LogP) is 2.08. The lowest BCUT2D eigenvalue weighted by Crippen LogP contribution is -2.48. The van der Waals surface area contributed by atoms with Crippen molar-refractivity contribution in [3.8, 4) is 0 Å². The largest absolute Gasteiger partial charge is 0.325 e. The monoisotopic (exact) mass is 410 g/mol. The van der Waals surface area contributed by atoms with E-state index >= 15 is 0 Å². The van der Waals surface area contributed by atoms with Gasteiger partial charge in [0, 0.05) is 6.54 Å². The molecule has 1 atom stereocenters. The normalized spacial score (nSPS) is 21.1.